The van der Waals surface area contributed by atoms with Crippen LogP contribution in [0.3, 0.4) is 0 Å². The maximum absolute atomic E-state index is 14.0. The van der Waals surface area contributed by atoms with E-state index < -0.39 is 29.1 Å². The summed E-state index contributed by atoms with van der Waals surface area (Å²) in [4.78, 5) is 36.9. The third-order valence-electron chi connectivity index (χ3n) is 9.40. The lowest BCUT2D eigenvalue weighted by atomic mass is 9.85. The average Bonchev–Trinajstić information content (AvgIpc) is 3.71. The van der Waals surface area contributed by atoms with Gasteiger partial charge in [-0.1, -0.05) is 32.9 Å². The van der Waals surface area contributed by atoms with Crippen LogP contribution in [-0.4, -0.2) is 117 Å². The lowest BCUT2D eigenvalue weighted by Gasteiger charge is -2.35. The normalized spacial score (nSPS) is 16.6. The summed E-state index contributed by atoms with van der Waals surface area (Å²) < 4.78 is 69.2. The van der Waals surface area contributed by atoms with Crippen LogP contribution in [0.1, 0.15) is 57.4 Å². The molecule has 1 fully saturated rings. The molecule has 296 valence electrons. The number of amides is 2. The lowest BCUT2D eigenvalue weighted by Crippen LogP contribution is -2.56. The molecule has 3 aromatic rings. The van der Waals surface area contributed by atoms with E-state index in [0.717, 1.165) is 47.6 Å². The smallest absolute Gasteiger partial charge is 0.421 e. The molecule has 54 heavy (non-hydrogen) atoms. The van der Waals surface area contributed by atoms with Crippen molar-refractivity contribution in [2.24, 2.45) is 5.41 Å². The summed E-state index contributed by atoms with van der Waals surface area (Å²) in [6, 6.07) is 6.15. The van der Waals surface area contributed by atoms with Crippen molar-refractivity contribution in [2.45, 2.75) is 65.3 Å². The number of likely N-dealkylation sites (tertiary alicyclic amines) is 1. The lowest BCUT2D eigenvalue weighted by molar-refractivity contribution is -0.141. The first-order chi connectivity index (χ1) is 25.7. The van der Waals surface area contributed by atoms with Crippen LogP contribution in [0, 0.1) is 5.41 Å². The zero-order valence-corrected chi connectivity index (χ0v) is 31.7. The first-order valence-electron chi connectivity index (χ1n) is 18.4. The highest BCUT2D eigenvalue weighted by molar-refractivity contribution is 5.91. The Morgan fingerprint density at radius 2 is 1.63 bits per heavy atom. The number of carbonyl (C=O) groups is 2. The topological polar surface area (TPSA) is 127 Å². The fraction of sp³-hybridized carbons (Fsp3) is 0.564. The van der Waals surface area contributed by atoms with Crippen LogP contribution in [0.5, 0.6) is 5.88 Å². The van der Waals surface area contributed by atoms with E-state index in [9.17, 15) is 22.8 Å². The molecular weight excluding hydrogens is 707 g/mol. The third kappa shape index (κ3) is 11.0. The van der Waals surface area contributed by atoms with Crippen LogP contribution in [0.2, 0.25) is 0 Å². The van der Waals surface area contributed by atoms with E-state index in [-0.39, 0.29) is 64.1 Å². The summed E-state index contributed by atoms with van der Waals surface area (Å²) in [5.74, 6) is -0.924. The van der Waals surface area contributed by atoms with E-state index in [0.29, 0.717) is 30.9 Å². The van der Waals surface area contributed by atoms with Gasteiger partial charge in [0.2, 0.25) is 17.7 Å². The quantitative estimate of drug-likeness (QED) is 0.158. The number of carbonyl (C=O) groups excluding carboxylic acids is 2. The first kappa shape index (κ1) is 41.0. The summed E-state index contributed by atoms with van der Waals surface area (Å²) in [6.07, 6.45) is 2.61. The molecule has 0 saturated carbocycles. The number of halogens is 3. The molecule has 2 aliphatic heterocycles. The van der Waals surface area contributed by atoms with E-state index in [4.69, 9.17) is 23.7 Å². The highest BCUT2D eigenvalue weighted by Gasteiger charge is 2.38. The Kier molecular flexibility index (Phi) is 14.0. The zero-order valence-electron chi connectivity index (χ0n) is 31.7. The molecule has 2 atom stereocenters. The van der Waals surface area contributed by atoms with Crippen molar-refractivity contribution in [3.05, 3.63) is 53.5 Å². The molecule has 2 aromatic heterocycles. The Balaban J connectivity index is 0.934. The predicted octanol–water partition coefficient (Wildman–Crippen LogP) is 5.65. The van der Waals surface area contributed by atoms with Gasteiger partial charge in [-0.05, 0) is 49.0 Å². The minimum atomic E-state index is -4.66. The molecule has 1 aromatic carbocycles. The molecule has 0 bridgehead atoms. The van der Waals surface area contributed by atoms with Gasteiger partial charge in [0.05, 0.1) is 46.2 Å². The second-order valence-corrected chi connectivity index (χ2v) is 14.7. The predicted molar refractivity (Wildman–Crippen MR) is 198 cm³/mol. The van der Waals surface area contributed by atoms with Crippen LogP contribution in [0.4, 0.5) is 13.2 Å². The van der Waals surface area contributed by atoms with Crippen LogP contribution >= 0.6 is 0 Å². The van der Waals surface area contributed by atoms with E-state index in [1.54, 1.807) is 6.07 Å². The molecule has 4 heterocycles. The fourth-order valence-corrected chi connectivity index (χ4v) is 6.50. The van der Waals surface area contributed by atoms with E-state index >= 15 is 0 Å². The van der Waals surface area contributed by atoms with E-state index in [1.807, 2.05) is 64.1 Å². The second kappa shape index (κ2) is 18.4. The van der Waals surface area contributed by atoms with Gasteiger partial charge in [-0.15, -0.1) is 0 Å². The van der Waals surface area contributed by atoms with E-state index in [2.05, 4.69) is 20.2 Å². The summed E-state index contributed by atoms with van der Waals surface area (Å²) in [6.45, 7) is 10.5. The van der Waals surface area contributed by atoms with Crippen LogP contribution < -0.4 is 10.1 Å². The average molecular weight is 760 g/mol. The van der Waals surface area contributed by atoms with Crippen LogP contribution in [-0.2, 0) is 41.3 Å². The number of ether oxygens (including phenoxy) is 5. The van der Waals surface area contributed by atoms with Gasteiger partial charge in [-0.25, -0.2) is 4.98 Å². The molecule has 0 aliphatic carbocycles. The monoisotopic (exact) mass is 759 g/mol. The SMILES string of the molecule is CC1CCCN1C(=O)C(NC(=O)COCCOCCOCCOCCOc1ncc(-c2ccc3c4c([nH]c3c2)C=CN(C)C4)cc1C(F)(F)F)C(C)(C)C. The number of hydrogen-bond donors (Lipinski definition) is 2. The standard InChI is InChI=1S/C39H52F3N5O7/c1-26-7-6-11-47(26)37(49)35(38(2,3)4)45-34(48)25-53-18-17-51-14-13-50-15-16-52-19-20-54-36-31(39(40,41)42)21-28(23-43-36)27-8-9-29-30-24-46(5)12-10-32(30)44-33(29)22-27/h8-10,12,21-23,26,35,44H,6-7,11,13-20,24-25H2,1-5H3,(H,45,48). The molecule has 0 radical (unpaired) electrons. The number of aromatic nitrogens is 2. The highest BCUT2D eigenvalue weighted by atomic mass is 19.4. The number of alkyl halides is 3. The van der Waals surface area contributed by atoms with Gasteiger partial charge in [0, 0.05) is 66.3 Å². The number of nitrogens with one attached hydrogen (secondary N) is 2. The van der Waals surface area contributed by atoms with Gasteiger partial charge >= 0.3 is 6.18 Å². The summed E-state index contributed by atoms with van der Waals surface area (Å²) in [5.41, 5.74) is 2.52. The van der Waals surface area contributed by atoms with Crippen molar-refractivity contribution in [1.29, 1.82) is 0 Å². The molecule has 15 heteroatoms. The minimum absolute atomic E-state index is 0.0470. The first-order valence-corrected chi connectivity index (χ1v) is 18.4. The summed E-state index contributed by atoms with van der Waals surface area (Å²) in [7, 11) is 1.98. The molecule has 12 nitrogen and oxygen atoms in total. The van der Waals surface area contributed by atoms with Gasteiger partial charge < -0.3 is 43.8 Å². The Hall–Kier alpha value is -4.18. The molecule has 5 rings (SSSR count). The van der Waals surface area contributed by atoms with E-state index in [1.165, 1.54) is 6.20 Å². The molecule has 0 spiro atoms. The Labute approximate surface area is 314 Å². The van der Waals surface area contributed by atoms with Crippen molar-refractivity contribution in [1.82, 2.24) is 25.1 Å². The van der Waals surface area contributed by atoms with Gasteiger partial charge in [0.15, 0.2) is 0 Å². The van der Waals surface area contributed by atoms with Gasteiger partial charge in [-0.3, -0.25) is 9.59 Å². The zero-order chi connectivity index (χ0) is 38.9. The van der Waals surface area contributed by atoms with Crippen molar-refractivity contribution in [3.63, 3.8) is 0 Å². The molecular formula is C39H52F3N5O7. The number of pyridine rings is 1. The number of aromatic amines is 1. The molecule has 2 N–H and O–H groups in total. The molecule has 2 unspecified atom stereocenters. The van der Waals surface area contributed by atoms with Crippen molar-refractivity contribution < 1.29 is 46.4 Å². The fourth-order valence-electron chi connectivity index (χ4n) is 6.50. The van der Waals surface area contributed by atoms with Gasteiger partial charge in [0.1, 0.15) is 24.8 Å². The second-order valence-electron chi connectivity index (χ2n) is 14.7. The number of benzene rings is 1. The number of fused-ring (bicyclic) bond motifs is 3. The Bertz CT molecular complexity index is 1760. The summed E-state index contributed by atoms with van der Waals surface area (Å²) >= 11 is 0. The van der Waals surface area contributed by atoms with Crippen molar-refractivity contribution in [2.75, 3.05) is 73.1 Å². The van der Waals surface area contributed by atoms with Gasteiger partial charge in [0.25, 0.3) is 0 Å². The third-order valence-corrected chi connectivity index (χ3v) is 9.40. The number of H-pyrrole nitrogens is 1. The number of hydrogen-bond acceptors (Lipinski definition) is 9. The highest BCUT2D eigenvalue weighted by Crippen LogP contribution is 2.38. The Morgan fingerprint density at radius 1 is 0.963 bits per heavy atom. The minimum Gasteiger partial charge on any atom is -0.475 e. The Morgan fingerprint density at radius 3 is 2.26 bits per heavy atom. The van der Waals surface area contributed by atoms with Crippen LogP contribution in [0.15, 0.2) is 36.7 Å². The van der Waals surface area contributed by atoms with Crippen LogP contribution in [0.25, 0.3) is 28.1 Å². The number of rotatable bonds is 18. The summed E-state index contributed by atoms with van der Waals surface area (Å²) in [5, 5.41) is 3.88. The van der Waals surface area contributed by atoms with Crippen molar-refractivity contribution >= 4 is 28.8 Å². The molecule has 2 amide bonds. The maximum Gasteiger partial charge on any atom is 0.421 e. The molecule has 1 saturated heterocycles. The maximum atomic E-state index is 14.0. The van der Waals surface area contributed by atoms with Crippen molar-refractivity contribution in [3.8, 4) is 17.0 Å². The largest absolute Gasteiger partial charge is 0.475 e. The van der Waals surface area contributed by atoms with Gasteiger partial charge in [-0.2, -0.15) is 13.2 Å². The molecule has 2 aliphatic rings. The number of nitrogens with zero attached hydrogens (tertiary/aromatic N) is 3.